The molecule has 1 amide bonds. The third kappa shape index (κ3) is 4.54. The summed E-state index contributed by atoms with van der Waals surface area (Å²) in [6, 6.07) is 17.1. The average molecular weight is 435 g/mol. The lowest BCUT2D eigenvalue weighted by Crippen LogP contribution is -2.48. The summed E-state index contributed by atoms with van der Waals surface area (Å²) in [5.41, 5.74) is 4.48. The molecule has 1 saturated heterocycles. The van der Waals surface area contributed by atoms with Gasteiger partial charge in [0.1, 0.15) is 0 Å². The van der Waals surface area contributed by atoms with Gasteiger partial charge in [0.25, 0.3) is 0 Å². The minimum Gasteiger partial charge on any atom is -0.337 e. The predicted molar refractivity (Wildman–Crippen MR) is 127 cm³/mol. The minimum absolute atomic E-state index is 0.181. The first-order chi connectivity index (χ1) is 15.0. The molecule has 0 unspecified atom stereocenters. The van der Waals surface area contributed by atoms with Gasteiger partial charge in [0, 0.05) is 17.6 Å². The van der Waals surface area contributed by atoms with Crippen LogP contribution in [0.15, 0.2) is 53.7 Å². The monoisotopic (exact) mass is 434 g/mol. The number of thioether (sulfide) groups is 1. The number of hydrogen-bond donors (Lipinski definition) is 0. The normalized spacial score (nSPS) is 18.9. The fraction of sp³-hybridized carbons (Fsp3) is 0.400. The molecule has 1 aliphatic heterocycles. The Kier molecular flexibility index (Phi) is 6.46. The van der Waals surface area contributed by atoms with Gasteiger partial charge in [-0.1, -0.05) is 48.2 Å². The van der Waals surface area contributed by atoms with E-state index < -0.39 is 0 Å². The van der Waals surface area contributed by atoms with Crippen LogP contribution < -0.4 is 0 Å². The molecule has 31 heavy (non-hydrogen) atoms. The number of aryl methyl sites for hydroxylation is 2. The van der Waals surface area contributed by atoms with Crippen LogP contribution in [0, 0.1) is 13.8 Å². The zero-order valence-corrected chi connectivity index (χ0v) is 19.5. The summed E-state index contributed by atoms with van der Waals surface area (Å²) in [4.78, 5) is 15.1. The second kappa shape index (κ2) is 9.27. The Balaban J connectivity index is 1.65. The van der Waals surface area contributed by atoms with Crippen molar-refractivity contribution in [1.29, 1.82) is 0 Å². The Bertz CT molecular complexity index is 1050. The molecule has 162 valence electrons. The third-order valence-electron chi connectivity index (χ3n) is 6.22. The van der Waals surface area contributed by atoms with E-state index in [1.165, 1.54) is 29.3 Å². The van der Waals surface area contributed by atoms with Crippen LogP contribution in [0.1, 0.15) is 44.2 Å². The fourth-order valence-electron chi connectivity index (χ4n) is 4.35. The first kappa shape index (κ1) is 21.6. The van der Waals surface area contributed by atoms with Gasteiger partial charge in [-0.2, -0.15) is 0 Å². The summed E-state index contributed by atoms with van der Waals surface area (Å²) in [6.45, 7) is 8.53. The fourth-order valence-corrected chi connectivity index (χ4v) is 5.17. The van der Waals surface area contributed by atoms with Crippen LogP contribution in [0.2, 0.25) is 0 Å². The maximum absolute atomic E-state index is 13.1. The van der Waals surface area contributed by atoms with Crippen molar-refractivity contribution in [1.82, 2.24) is 19.7 Å². The maximum atomic E-state index is 13.1. The lowest BCUT2D eigenvalue weighted by Gasteiger charge is -2.39. The van der Waals surface area contributed by atoms with Crippen molar-refractivity contribution in [3.63, 3.8) is 0 Å². The summed E-state index contributed by atoms with van der Waals surface area (Å²) in [5.74, 6) is 1.34. The van der Waals surface area contributed by atoms with Crippen molar-refractivity contribution < 1.29 is 4.79 Å². The molecule has 6 heteroatoms. The number of likely N-dealkylation sites (tertiary alicyclic amines) is 1. The zero-order chi connectivity index (χ0) is 22.0. The van der Waals surface area contributed by atoms with Crippen molar-refractivity contribution in [2.24, 2.45) is 0 Å². The van der Waals surface area contributed by atoms with Gasteiger partial charge in [-0.25, -0.2) is 0 Å². The molecule has 0 bridgehead atoms. The molecule has 4 rings (SSSR count). The third-order valence-corrected chi connectivity index (χ3v) is 7.13. The van der Waals surface area contributed by atoms with Crippen LogP contribution in [0.25, 0.3) is 17.1 Å². The molecule has 0 saturated carbocycles. The van der Waals surface area contributed by atoms with Crippen LogP contribution in [0.3, 0.4) is 0 Å². The largest absolute Gasteiger partial charge is 0.337 e. The van der Waals surface area contributed by atoms with Crippen LogP contribution >= 0.6 is 11.8 Å². The Labute approximate surface area is 188 Å². The number of hydrogen-bond acceptors (Lipinski definition) is 4. The van der Waals surface area contributed by atoms with Crippen LogP contribution in [0.5, 0.6) is 0 Å². The Morgan fingerprint density at radius 3 is 2.39 bits per heavy atom. The molecule has 0 N–H and O–H groups in total. The second-order valence-electron chi connectivity index (χ2n) is 8.49. The number of carbonyl (C=O) groups excluding carboxylic acids is 1. The van der Waals surface area contributed by atoms with E-state index in [1.54, 1.807) is 0 Å². The van der Waals surface area contributed by atoms with E-state index in [4.69, 9.17) is 0 Å². The lowest BCUT2D eigenvalue weighted by molar-refractivity contribution is -0.134. The van der Waals surface area contributed by atoms with Gasteiger partial charge in [0.15, 0.2) is 11.0 Å². The molecule has 5 nitrogen and oxygen atoms in total. The number of nitrogens with zero attached hydrogens (tertiary/aromatic N) is 4. The van der Waals surface area contributed by atoms with Gasteiger partial charge < -0.3 is 4.90 Å². The number of amides is 1. The van der Waals surface area contributed by atoms with Crippen LogP contribution in [0.4, 0.5) is 0 Å². The van der Waals surface area contributed by atoms with Crippen molar-refractivity contribution in [2.75, 3.05) is 5.75 Å². The molecule has 3 aromatic rings. The highest BCUT2D eigenvalue weighted by molar-refractivity contribution is 7.99. The summed E-state index contributed by atoms with van der Waals surface area (Å²) in [7, 11) is 0. The van der Waals surface area contributed by atoms with Gasteiger partial charge in [0.05, 0.1) is 11.4 Å². The smallest absolute Gasteiger partial charge is 0.233 e. The van der Waals surface area contributed by atoms with E-state index in [2.05, 4.69) is 65.6 Å². The Morgan fingerprint density at radius 2 is 1.71 bits per heavy atom. The van der Waals surface area contributed by atoms with Crippen molar-refractivity contribution in [3.05, 3.63) is 59.7 Å². The van der Waals surface area contributed by atoms with E-state index in [9.17, 15) is 4.79 Å². The molecule has 2 aromatic carbocycles. The van der Waals surface area contributed by atoms with Crippen molar-refractivity contribution in [3.8, 4) is 17.1 Å². The topological polar surface area (TPSA) is 51.0 Å². The number of benzene rings is 2. The molecule has 1 aliphatic rings. The molecule has 0 spiro atoms. The van der Waals surface area contributed by atoms with Gasteiger partial charge in [-0.3, -0.25) is 9.36 Å². The summed E-state index contributed by atoms with van der Waals surface area (Å²) < 4.78 is 2.07. The summed E-state index contributed by atoms with van der Waals surface area (Å²) in [5, 5.41) is 9.73. The van der Waals surface area contributed by atoms with Gasteiger partial charge in [-0.15, -0.1) is 10.2 Å². The highest BCUT2D eigenvalue weighted by atomic mass is 32.2. The van der Waals surface area contributed by atoms with Crippen molar-refractivity contribution >= 4 is 17.7 Å². The average Bonchev–Trinajstić information content (AvgIpc) is 3.18. The molecule has 1 aromatic heterocycles. The highest BCUT2D eigenvalue weighted by Crippen LogP contribution is 2.30. The van der Waals surface area contributed by atoms with E-state index in [0.29, 0.717) is 17.8 Å². The SMILES string of the molecule is Cc1ccc(-n2c(SCC(=O)N3[C@H](C)CCC[C@@H]3C)nnc2-c2ccccc2)cc1C. The Morgan fingerprint density at radius 1 is 1.00 bits per heavy atom. The first-order valence-electron chi connectivity index (χ1n) is 11.0. The van der Waals surface area contributed by atoms with Gasteiger partial charge in [-0.05, 0) is 70.2 Å². The van der Waals surface area contributed by atoms with E-state index in [-0.39, 0.29) is 5.91 Å². The number of rotatable bonds is 5. The summed E-state index contributed by atoms with van der Waals surface area (Å²) in [6.07, 6.45) is 3.36. The zero-order valence-electron chi connectivity index (χ0n) is 18.7. The number of aromatic nitrogens is 3. The van der Waals surface area contributed by atoms with E-state index in [1.807, 2.05) is 30.3 Å². The predicted octanol–water partition coefficient (Wildman–Crippen LogP) is 5.43. The molecular weight excluding hydrogens is 404 g/mol. The van der Waals surface area contributed by atoms with Gasteiger partial charge >= 0.3 is 0 Å². The maximum Gasteiger partial charge on any atom is 0.233 e. The lowest BCUT2D eigenvalue weighted by atomic mass is 9.98. The molecule has 1 fully saturated rings. The second-order valence-corrected chi connectivity index (χ2v) is 9.44. The van der Waals surface area contributed by atoms with Crippen molar-refractivity contribution in [2.45, 2.75) is 64.2 Å². The standard InChI is InChI=1S/C25H30N4OS/c1-17-13-14-22(15-18(17)2)29-24(21-11-6-5-7-12-21)26-27-25(29)31-16-23(30)28-19(3)9-8-10-20(28)4/h5-7,11-15,19-20H,8-10,16H2,1-4H3/t19-,20+. The molecule has 2 atom stereocenters. The Hall–Kier alpha value is -2.60. The minimum atomic E-state index is 0.181. The van der Waals surface area contributed by atoms with E-state index >= 15 is 0 Å². The molecule has 0 aliphatic carbocycles. The molecular formula is C25H30N4OS. The number of piperidine rings is 1. The quantitative estimate of drug-likeness (QED) is 0.502. The van der Waals surface area contributed by atoms with Gasteiger partial charge in [0.2, 0.25) is 5.91 Å². The molecule has 0 radical (unpaired) electrons. The van der Waals surface area contributed by atoms with Crippen LogP contribution in [-0.2, 0) is 4.79 Å². The number of carbonyl (C=O) groups is 1. The molecule has 2 heterocycles. The first-order valence-corrected chi connectivity index (χ1v) is 12.0. The van der Waals surface area contributed by atoms with E-state index in [0.717, 1.165) is 35.1 Å². The highest BCUT2D eigenvalue weighted by Gasteiger charge is 2.29. The van der Waals surface area contributed by atoms with Crippen LogP contribution in [-0.4, -0.2) is 43.4 Å². The summed E-state index contributed by atoms with van der Waals surface area (Å²) >= 11 is 1.47.